The van der Waals surface area contributed by atoms with Gasteiger partial charge in [0.2, 0.25) is 0 Å². The number of β-amino-alcohol motifs (C(OH)–C–C–N with tert-alkyl or cyclic N) is 1. The zero-order valence-electron chi connectivity index (χ0n) is 35.6. The SMILES string of the molecule is Cc1cc(-c2cccc(N3CCN(c4ccc(NS(=O)(=O)c5ccc(N[C@H](CCN6CC(C)(O)C6)CSc6ccccc6)c([N+](=O)[O-])c5)cc4)CC3)c2)c(-c2ccc(Cl)cc2)n1C. The van der Waals surface area contributed by atoms with Crippen molar-refractivity contribution in [2.75, 3.05) is 71.4 Å². The molecule has 2 aliphatic rings. The Hall–Kier alpha value is -5.51. The summed E-state index contributed by atoms with van der Waals surface area (Å²) in [6.07, 6.45) is 0.676. The van der Waals surface area contributed by atoms with Crippen LogP contribution in [0.15, 0.2) is 137 Å². The Kier molecular flexibility index (Phi) is 13.1. The molecule has 328 valence electrons. The fourth-order valence-electron chi connectivity index (χ4n) is 8.45. The number of likely N-dealkylation sites (tertiary alicyclic amines) is 1. The van der Waals surface area contributed by atoms with Crippen molar-refractivity contribution in [2.24, 2.45) is 7.05 Å². The third-order valence-electron chi connectivity index (χ3n) is 11.8. The lowest BCUT2D eigenvalue weighted by Gasteiger charge is -2.44. The van der Waals surface area contributed by atoms with Crippen LogP contribution in [0, 0.1) is 17.0 Å². The second-order valence-corrected chi connectivity index (χ2v) is 19.9. The van der Waals surface area contributed by atoms with E-state index in [1.165, 1.54) is 23.4 Å². The smallest absolute Gasteiger partial charge is 0.293 e. The number of aliphatic hydroxyl groups is 1. The molecule has 5 aromatic carbocycles. The zero-order valence-corrected chi connectivity index (χ0v) is 38.0. The summed E-state index contributed by atoms with van der Waals surface area (Å²) in [5.41, 5.74) is 7.47. The van der Waals surface area contributed by atoms with E-state index in [2.05, 4.69) is 85.7 Å². The van der Waals surface area contributed by atoms with Crippen LogP contribution in [0.5, 0.6) is 0 Å². The van der Waals surface area contributed by atoms with Crippen molar-refractivity contribution >= 4 is 61.8 Å². The summed E-state index contributed by atoms with van der Waals surface area (Å²) in [6.45, 7) is 8.98. The first-order valence-electron chi connectivity index (χ1n) is 21.0. The molecular weight excluding hydrogens is 854 g/mol. The standard InChI is InChI=1S/C48H52ClN7O5S2/c1-34-28-44(47(52(34)3)35-12-14-37(49)15-13-35)36-8-7-9-41(29-36)55-26-24-54(25-27-55)40-18-16-38(17-19-40)51-63(60,61)43-20-21-45(46(30-43)56(58)59)50-39(22-23-53-32-48(2,57)33-53)31-62-42-10-5-4-6-11-42/h4-21,28-30,39,50-51,57H,22-27,31-33H2,1-3H3/t39-/m1/s1. The van der Waals surface area contributed by atoms with Crippen LogP contribution in [0.25, 0.3) is 22.4 Å². The van der Waals surface area contributed by atoms with E-state index >= 15 is 0 Å². The van der Waals surface area contributed by atoms with Crippen LogP contribution < -0.4 is 19.8 Å². The van der Waals surface area contributed by atoms with Gasteiger partial charge >= 0.3 is 0 Å². The molecule has 2 aliphatic heterocycles. The number of nitro groups is 1. The van der Waals surface area contributed by atoms with Crippen LogP contribution >= 0.6 is 23.4 Å². The first kappa shape index (κ1) is 44.1. The second-order valence-electron chi connectivity index (χ2n) is 16.7. The molecular formula is C48H52ClN7O5S2. The molecule has 0 unspecified atom stereocenters. The topological polar surface area (TPSA) is 136 Å². The molecule has 12 nitrogen and oxygen atoms in total. The van der Waals surface area contributed by atoms with Gasteiger partial charge in [0.15, 0.2) is 0 Å². The number of piperazine rings is 1. The van der Waals surface area contributed by atoms with Gasteiger partial charge in [0.05, 0.1) is 21.1 Å². The fraction of sp³-hybridized carbons (Fsp3) is 0.292. The predicted molar refractivity (Wildman–Crippen MR) is 257 cm³/mol. The van der Waals surface area contributed by atoms with Crippen LogP contribution in [-0.4, -0.2) is 91.1 Å². The number of nitrogens with one attached hydrogen (secondary N) is 2. The van der Waals surface area contributed by atoms with Crippen molar-refractivity contribution in [3.63, 3.8) is 0 Å². The van der Waals surface area contributed by atoms with Crippen molar-refractivity contribution in [1.82, 2.24) is 9.47 Å². The number of aryl methyl sites for hydroxylation is 1. The summed E-state index contributed by atoms with van der Waals surface area (Å²) in [6, 6.07) is 39.9. The van der Waals surface area contributed by atoms with Gasteiger partial charge in [-0.3, -0.25) is 19.7 Å². The molecule has 1 atom stereocenters. The average molecular weight is 907 g/mol. The van der Waals surface area contributed by atoms with E-state index in [0.29, 0.717) is 42.5 Å². The minimum absolute atomic E-state index is 0.161. The Morgan fingerprint density at radius 3 is 2.19 bits per heavy atom. The van der Waals surface area contributed by atoms with E-state index in [4.69, 9.17) is 11.6 Å². The summed E-state index contributed by atoms with van der Waals surface area (Å²) in [7, 11) is -2.06. The monoisotopic (exact) mass is 905 g/mol. The van der Waals surface area contributed by atoms with Gasteiger partial charge in [-0.05, 0) is 110 Å². The molecule has 0 saturated carbocycles. The Bertz CT molecular complexity index is 2660. The lowest BCUT2D eigenvalue weighted by molar-refractivity contribution is -0.384. The molecule has 63 heavy (non-hydrogen) atoms. The lowest BCUT2D eigenvalue weighted by Crippen LogP contribution is -2.60. The molecule has 2 saturated heterocycles. The molecule has 0 spiro atoms. The minimum Gasteiger partial charge on any atom is -0.388 e. The highest BCUT2D eigenvalue weighted by molar-refractivity contribution is 7.99. The lowest BCUT2D eigenvalue weighted by atomic mass is 9.96. The van der Waals surface area contributed by atoms with Gasteiger partial charge in [0.1, 0.15) is 5.69 Å². The van der Waals surface area contributed by atoms with E-state index < -0.39 is 20.5 Å². The summed E-state index contributed by atoms with van der Waals surface area (Å²) in [4.78, 5) is 19.5. The van der Waals surface area contributed by atoms with Gasteiger partial charge in [-0.1, -0.05) is 54.1 Å². The number of nitro benzene ring substituents is 1. The number of aromatic nitrogens is 1. The maximum Gasteiger partial charge on any atom is 0.293 e. The largest absolute Gasteiger partial charge is 0.388 e. The average Bonchev–Trinajstić information content (AvgIpc) is 3.57. The van der Waals surface area contributed by atoms with E-state index in [9.17, 15) is 23.6 Å². The summed E-state index contributed by atoms with van der Waals surface area (Å²) >= 11 is 7.85. The highest BCUT2D eigenvalue weighted by Gasteiger charge is 2.36. The third-order valence-corrected chi connectivity index (χ3v) is 14.6. The Morgan fingerprint density at radius 1 is 0.841 bits per heavy atom. The predicted octanol–water partition coefficient (Wildman–Crippen LogP) is 9.39. The third kappa shape index (κ3) is 10.5. The molecule has 0 bridgehead atoms. The molecule has 6 aromatic rings. The van der Waals surface area contributed by atoms with Gasteiger partial charge in [0, 0.05) is 109 Å². The molecule has 1 aromatic heterocycles. The van der Waals surface area contributed by atoms with E-state index in [-0.39, 0.29) is 22.3 Å². The maximum atomic E-state index is 13.6. The minimum atomic E-state index is -4.15. The van der Waals surface area contributed by atoms with Gasteiger partial charge in [0.25, 0.3) is 15.7 Å². The summed E-state index contributed by atoms with van der Waals surface area (Å²) in [5.74, 6) is 0.633. The van der Waals surface area contributed by atoms with Crippen molar-refractivity contribution in [3.8, 4) is 22.4 Å². The highest BCUT2D eigenvalue weighted by atomic mass is 35.5. The van der Waals surface area contributed by atoms with Crippen molar-refractivity contribution in [2.45, 2.75) is 41.7 Å². The number of thioether (sulfide) groups is 1. The maximum absolute atomic E-state index is 13.6. The number of sulfonamides is 1. The van der Waals surface area contributed by atoms with Crippen LogP contribution in [0.2, 0.25) is 5.02 Å². The number of rotatable bonds is 16. The van der Waals surface area contributed by atoms with Crippen LogP contribution in [0.1, 0.15) is 19.0 Å². The molecule has 0 aliphatic carbocycles. The van der Waals surface area contributed by atoms with Gasteiger partial charge in [-0.25, -0.2) is 8.42 Å². The van der Waals surface area contributed by atoms with Gasteiger partial charge in [-0.2, -0.15) is 0 Å². The molecule has 3 heterocycles. The number of halogens is 1. The number of benzene rings is 5. The number of hydrogen-bond acceptors (Lipinski definition) is 10. The van der Waals surface area contributed by atoms with E-state index in [0.717, 1.165) is 65.3 Å². The molecule has 0 radical (unpaired) electrons. The first-order chi connectivity index (χ1) is 30.2. The second kappa shape index (κ2) is 18.7. The van der Waals surface area contributed by atoms with Crippen LogP contribution in [0.4, 0.5) is 28.4 Å². The van der Waals surface area contributed by atoms with Crippen molar-refractivity contribution in [1.29, 1.82) is 0 Å². The number of hydrogen-bond donors (Lipinski definition) is 3. The summed E-state index contributed by atoms with van der Waals surface area (Å²) in [5, 5.41) is 26.6. The van der Waals surface area contributed by atoms with E-state index in [1.807, 2.05) is 61.5 Å². The number of anilines is 4. The van der Waals surface area contributed by atoms with Crippen molar-refractivity contribution < 1.29 is 18.4 Å². The molecule has 2 fully saturated rings. The summed E-state index contributed by atoms with van der Waals surface area (Å²) < 4.78 is 32.1. The highest BCUT2D eigenvalue weighted by Crippen LogP contribution is 2.37. The number of nitrogens with zero attached hydrogens (tertiary/aromatic N) is 5. The Morgan fingerprint density at radius 2 is 1.52 bits per heavy atom. The first-order valence-corrected chi connectivity index (χ1v) is 23.9. The van der Waals surface area contributed by atoms with Gasteiger partial charge < -0.3 is 24.8 Å². The normalized spacial score (nSPS) is 15.8. The van der Waals surface area contributed by atoms with Gasteiger partial charge in [-0.15, -0.1) is 11.8 Å². The molecule has 15 heteroatoms. The Labute approximate surface area is 378 Å². The quantitative estimate of drug-likeness (QED) is 0.0490. The van der Waals surface area contributed by atoms with E-state index in [1.54, 1.807) is 23.9 Å². The van der Waals surface area contributed by atoms with Crippen LogP contribution in [-0.2, 0) is 17.1 Å². The molecule has 3 N–H and O–H groups in total. The Balaban J connectivity index is 0.899. The van der Waals surface area contributed by atoms with Crippen molar-refractivity contribution in [3.05, 3.63) is 148 Å². The fourth-order valence-corrected chi connectivity index (χ4v) is 10.6. The molecule has 8 rings (SSSR count). The van der Waals surface area contributed by atoms with Crippen LogP contribution in [0.3, 0.4) is 0 Å². The zero-order chi connectivity index (χ0) is 44.3. The molecule has 0 amide bonds.